The highest BCUT2D eigenvalue weighted by Crippen LogP contribution is 2.11. The molecular weight excluding hydrogens is 270 g/mol. The fourth-order valence-corrected chi connectivity index (χ4v) is 1.74. The Balaban J connectivity index is 2.04. The first-order valence-corrected chi connectivity index (χ1v) is 6.69. The summed E-state index contributed by atoms with van der Waals surface area (Å²) in [6, 6.07) is 7.50. The normalized spacial score (nSPS) is 11.4. The van der Waals surface area contributed by atoms with Crippen molar-refractivity contribution in [3.05, 3.63) is 47.3 Å². The lowest BCUT2D eigenvalue weighted by Crippen LogP contribution is -2.24. The van der Waals surface area contributed by atoms with Crippen molar-refractivity contribution in [2.24, 2.45) is 0 Å². The van der Waals surface area contributed by atoms with Crippen LogP contribution in [0.2, 0.25) is 0 Å². The first kappa shape index (κ1) is 15.2. The molecule has 0 radical (unpaired) electrons. The van der Waals surface area contributed by atoms with Gasteiger partial charge in [0.25, 0.3) is 0 Å². The molecule has 0 saturated carbocycles. The second-order valence-electron chi connectivity index (χ2n) is 5.78. The van der Waals surface area contributed by atoms with Gasteiger partial charge in [0.15, 0.2) is 5.69 Å². The quantitative estimate of drug-likeness (QED) is 0.868. The molecule has 0 aliphatic rings. The molecule has 21 heavy (non-hydrogen) atoms. The molecule has 0 amide bonds. The predicted molar refractivity (Wildman–Crippen MR) is 76.7 cm³/mol. The van der Waals surface area contributed by atoms with Crippen molar-refractivity contribution >= 4 is 5.97 Å². The van der Waals surface area contributed by atoms with Crippen molar-refractivity contribution in [2.45, 2.75) is 39.5 Å². The summed E-state index contributed by atoms with van der Waals surface area (Å²) in [5.41, 5.74) is 1.50. The van der Waals surface area contributed by atoms with Gasteiger partial charge >= 0.3 is 5.97 Å². The van der Waals surface area contributed by atoms with Crippen molar-refractivity contribution in [1.29, 1.82) is 0 Å². The number of hydrogen-bond acceptors (Lipinski definition) is 5. The Morgan fingerprint density at radius 1 is 1.24 bits per heavy atom. The summed E-state index contributed by atoms with van der Waals surface area (Å²) in [6.07, 6.45) is 1.56. The van der Waals surface area contributed by atoms with Gasteiger partial charge in [0.05, 0.1) is 19.3 Å². The van der Waals surface area contributed by atoms with Crippen LogP contribution < -0.4 is 0 Å². The Hall–Kier alpha value is -2.21. The van der Waals surface area contributed by atoms with Crippen LogP contribution in [0.15, 0.2) is 30.5 Å². The zero-order valence-electron chi connectivity index (χ0n) is 12.4. The van der Waals surface area contributed by atoms with Gasteiger partial charge in [-0.05, 0) is 31.9 Å². The van der Waals surface area contributed by atoms with Crippen LogP contribution in [0.25, 0.3) is 0 Å². The van der Waals surface area contributed by atoms with E-state index >= 15 is 0 Å². The minimum atomic E-state index is -0.555. The summed E-state index contributed by atoms with van der Waals surface area (Å²) >= 11 is 0. The maximum atomic E-state index is 11.8. The lowest BCUT2D eigenvalue weighted by atomic mass is 10.1. The van der Waals surface area contributed by atoms with Gasteiger partial charge in [0.1, 0.15) is 5.60 Å². The molecule has 0 atom stereocenters. The van der Waals surface area contributed by atoms with Gasteiger partial charge in [0, 0.05) is 0 Å². The lowest BCUT2D eigenvalue weighted by Gasteiger charge is -2.18. The largest absolute Gasteiger partial charge is 0.455 e. The molecule has 0 aliphatic carbocycles. The molecule has 1 aromatic heterocycles. The SMILES string of the molecule is CC(C)(C)OC(=O)c1cn(Cc2ccc(CO)cc2)nn1. The minimum absolute atomic E-state index is 0.0202. The number of aliphatic hydroxyl groups excluding tert-OH is 1. The number of benzene rings is 1. The first-order valence-electron chi connectivity index (χ1n) is 6.69. The zero-order chi connectivity index (χ0) is 15.5. The molecule has 1 aromatic carbocycles. The van der Waals surface area contributed by atoms with Gasteiger partial charge in [0.2, 0.25) is 0 Å². The molecule has 0 spiro atoms. The van der Waals surface area contributed by atoms with Crippen molar-refractivity contribution in [1.82, 2.24) is 15.0 Å². The third-order valence-corrected chi connectivity index (χ3v) is 2.70. The van der Waals surface area contributed by atoms with E-state index in [-0.39, 0.29) is 12.3 Å². The summed E-state index contributed by atoms with van der Waals surface area (Å²) < 4.78 is 6.81. The Bertz CT molecular complexity index is 612. The van der Waals surface area contributed by atoms with Gasteiger partial charge in [-0.25, -0.2) is 9.48 Å². The number of aromatic nitrogens is 3. The predicted octanol–water partition coefficient (Wildman–Crippen LogP) is 1.77. The number of hydrogen-bond donors (Lipinski definition) is 1. The number of rotatable bonds is 4. The van der Waals surface area contributed by atoms with E-state index < -0.39 is 11.6 Å². The summed E-state index contributed by atoms with van der Waals surface area (Å²) in [7, 11) is 0. The van der Waals surface area contributed by atoms with Gasteiger partial charge in [-0.15, -0.1) is 5.10 Å². The molecular formula is C15H19N3O3. The zero-order valence-corrected chi connectivity index (χ0v) is 12.4. The van der Waals surface area contributed by atoms with Crippen molar-refractivity contribution in [3.63, 3.8) is 0 Å². The highest BCUT2D eigenvalue weighted by molar-refractivity contribution is 5.87. The summed E-state index contributed by atoms with van der Waals surface area (Å²) in [5, 5.41) is 16.7. The third kappa shape index (κ3) is 4.39. The number of nitrogens with zero attached hydrogens (tertiary/aromatic N) is 3. The van der Waals surface area contributed by atoms with Gasteiger partial charge in [-0.2, -0.15) is 0 Å². The first-order chi connectivity index (χ1) is 9.87. The Labute approximate surface area is 123 Å². The molecule has 0 unspecified atom stereocenters. The Morgan fingerprint density at radius 2 is 1.86 bits per heavy atom. The van der Waals surface area contributed by atoms with E-state index in [9.17, 15) is 4.79 Å². The van der Waals surface area contributed by atoms with E-state index in [4.69, 9.17) is 9.84 Å². The van der Waals surface area contributed by atoms with Crippen LogP contribution in [0, 0.1) is 0 Å². The Kier molecular flexibility index (Phi) is 4.37. The van der Waals surface area contributed by atoms with Crippen LogP contribution in [-0.2, 0) is 17.9 Å². The number of ether oxygens (including phenoxy) is 1. The smallest absolute Gasteiger partial charge is 0.361 e. The lowest BCUT2D eigenvalue weighted by molar-refractivity contribution is 0.00627. The van der Waals surface area contributed by atoms with Crippen LogP contribution in [0.1, 0.15) is 42.4 Å². The van der Waals surface area contributed by atoms with Crippen LogP contribution in [-0.4, -0.2) is 31.7 Å². The summed E-state index contributed by atoms with van der Waals surface area (Å²) in [5.74, 6) is -0.482. The van der Waals surface area contributed by atoms with E-state index in [1.54, 1.807) is 31.6 Å². The van der Waals surface area contributed by atoms with Crippen LogP contribution >= 0.6 is 0 Å². The summed E-state index contributed by atoms with van der Waals surface area (Å²) in [4.78, 5) is 11.8. The van der Waals surface area contributed by atoms with Crippen LogP contribution in [0.3, 0.4) is 0 Å². The molecule has 0 saturated heterocycles. The van der Waals surface area contributed by atoms with Crippen LogP contribution in [0.5, 0.6) is 0 Å². The molecule has 1 N–H and O–H groups in total. The minimum Gasteiger partial charge on any atom is -0.455 e. The topological polar surface area (TPSA) is 77.2 Å². The van der Waals surface area contributed by atoms with E-state index in [0.29, 0.717) is 6.54 Å². The average molecular weight is 289 g/mol. The fourth-order valence-electron chi connectivity index (χ4n) is 1.74. The van der Waals surface area contributed by atoms with Crippen molar-refractivity contribution < 1.29 is 14.6 Å². The van der Waals surface area contributed by atoms with Crippen molar-refractivity contribution in [2.75, 3.05) is 0 Å². The molecule has 0 aliphatic heterocycles. The number of aliphatic hydroxyl groups is 1. The molecule has 0 bridgehead atoms. The standard InChI is InChI=1S/C15H19N3O3/c1-15(2,3)21-14(20)13-9-18(17-16-13)8-11-4-6-12(10-19)7-5-11/h4-7,9,19H,8,10H2,1-3H3. The maximum absolute atomic E-state index is 11.8. The molecule has 2 rings (SSSR count). The van der Waals surface area contributed by atoms with Gasteiger partial charge in [-0.1, -0.05) is 29.5 Å². The van der Waals surface area contributed by atoms with Gasteiger partial charge in [-0.3, -0.25) is 0 Å². The number of carbonyl (C=O) groups excluding carboxylic acids is 1. The van der Waals surface area contributed by atoms with E-state index in [1.165, 1.54) is 0 Å². The Morgan fingerprint density at radius 3 is 2.43 bits per heavy atom. The second kappa shape index (κ2) is 6.05. The monoisotopic (exact) mass is 289 g/mol. The molecule has 2 aromatic rings. The second-order valence-corrected chi connectivity index (χ2v) is 5.78. The van der Waals surface area contributed by atoms with Crippen LogP contribution in [0.4, 0.5) is 0 Å². The molecule has 0 fully saturated rings. The number of esters is 1. The summed E-state index contributed by atoms with van der Waals surface area (Å²) in [6.45, 7) is 5.93. The third-order valence-electron chi connectivity index (χ3n) is 2.70. The molecule has 6 nitrogen and oxygen atoms in total. The van der Waals surface area contributed by atoms with Crippen molar-refractivity contribution in [3.8, 4) is 0 Å². The van der Waals surface area contributed by atoms with E-state index in [2.05, 4.69) is 10.3 Å². The maximum Gasteiger partial charge on any atom is 0.361 e. The van der Waals surface area contributed by atoms with E-state index in [1.807, 2.05) is 24.3 Å². The molecule has 1 heterocycles. The van der Waals surface area contributed by atoms with E-state index in [0.717, 1.165) is 11.1 Å². The highest BCUT2D eigenvalue weighted by atomic mass is 16.6. The molecule has 6 heteroatoms. The fraction of sp³-hybridized carbons (Fsp3) is 0.400. The highest BCUT2D eigenvalue weighted by Gasteiger charge is 2.20. The molecule has 112 valence electrons. The van der Waals surface area contributed by atoms with Gasteiger partial charge < -0.3 is 9.84 Å². The average Bonchev–Trinajstić information content (AvgIpc) is 2.86. The number of carbonyl (C=O) groups is 1.